The van der Waals surface area contributed by atoms with Crippen LogP contribution in [-0.2, 0) is 14.4 Å². The lowest BCUT2D eigenvalue weighted by atomic mass is 10.1. The van der Waals surface area contributed by atoms with E-state index < -0.39 is 24.0 Å². The summed E-state index contributed by atoms with van der Waals surface area (Å²) in [5.74, 6) is -1.69. The lowest BCUT2D eigenvalue weighted by Gasteiger charge is -2.16. The zero-order chi connectivity index (χ0) is 12.8. The standard InChI is InChI=1S/C11H16N2O4/c1-2-3-4-8(11(16)17)13-10(15)7-5-6-9(14)12-7/h2,7-8H,1,3-6H2,(H,12,14)(H,13,15)(H,16,17)/t7-,8+/m1/s1. The number of carbonyl (C=O) groups is 3. The van der Waals surface area contributed by atoms with E-state index >= 15 is 0 Å². The van der Waals surface area contributed by atoms with Gasteiger partial charge in [-0.2, -0.15) is 0 Å². The van der Waals surface area contributed by atoms with Gasteiger partial charge in [-0.05, 0) is 19.3 Å². The summed E-state index contributed by atoms with van der Waals surface area (Å²) in [5, 5.41) is 13.8. The normalized spacial score (nSPS) is 20.5. The Bertz CT molecular complexity index is 340. The SMILES string of the molecule is C=CCC[C@H](NC(=O)[C@H]1CCC(=O)N1)C(=O)O. The van der Waals surface area contributed by atoms with Gasteiger partial charge in [0.1, 0.15) is 12.1 Å². The Kier molecular flexibility index (Phi) is 4.68. The van der Waals surface area contributed by atoms with E-state index in [1.807, 2.05) is 0 Å². The monoisotopic (exact) mass is 240 g/mol. The maximum Gasteiger partial charge on any atom is 0.326 e. The summed E-state index contributed by atoms with van der Waals surface area (Å²) in [4.78, 5) is 33.5. The fourth-order valence-electron chi connectivity index (χ4n) is 1.62. The van der Waals surface area contributed by atoms with E-state index in [-0.39, 0.29) is 5.91 Å². The predicted octanol–water partition coefficient (Wildman–Crippen LogP) is -0.199. The van der Waals surface area contributed by atoms with E-state index in [1.54, 1.807) is 6.08 Å². The Balaban J connectivity index is 2.48. The molecule has 2 atom stereocenters. The highest BCUT2D eigenvalue weighted by Crippen LogP contribution is 2.07. The molecule has 17 heavy (non-hydrogen) atoms. The molecule has 0 spiro atoms. The molecule has 0 aromatic carbocycles. The second-order valence-electron chi connectivity index (χ2n) is 3.92. The minimum Gasteiger partial charge on any atom is -0.480 e. The third kappa shape index (κ3) is 3.90. The van der Waals surface area contributed by atoms with Crippen molar-refractivity contribution in [2.24, 2.45) is 0 Å². The molecule has 0 aromatic heterocycles. The van der Waals surface area contributed by atoms with Crippen molar-refractivity contribution in [1.82, 2.24) is 10.6 Å². The highest BCUT2D eigenvalue weighted by molar-refractivity contribution is 5.92. The molecule has 94 valence electrons. The zero-order valence-corrected chi connectivity index (χ0v) is 9.44. The van der Waals surface area contributed by atoms with E-state index in [2.05, 4.69) is 17.2 Å². The van der Waals surface area contributed by atoms with Crippen LogP contribution in [0.3, 0.4) is 0 Å². The van der Waals surface area contributed by atoms with E-state index in [1.165, 1.54) is 0 Å². The van der Waals surface area contributed by atoms with Gasteiger partial charge in [0.2, 0.25) is 11.8 Å². The molecule has 1 saturated heterocycles. The number of rotatable bonds is 6. The van der Waals surface area contributed by atoms with Crippen LogP contribution < -0.4 is 10.6 Å². The van der Waals surface area contributed by atoms with Crippen LogP contribution in [0.2, 0.25) is 0 Å². The molecule has 2 amide bonds. The van der Waals surface area contributed by atoms with Gasteiger partial charge in [0.15, 0.2) is 0 Å². The highest BCUT2D eigenvalue weighted by atomic mass is 16.4. The Labute approximate surface area is 99.1 Å². The molecule has 6 nitrogen and oxygen atoms in total. The first kappa shape index (κ1) is 13.2. The van der Waals surface area contributed by atoms with E-state index in [9.17, 15) is 14.4 Å². The Hall–Kier alpha value is -1.85. The maximum absolute atomic E-state index is 11.7. The molecule has 0 unspecified atom stereocenters. The largest absolute Gasteiger partial charge is 0.480 e. The van der Waals surface area contributed by atoms with Crippen molar-refractivity contribution in [2.45, 2.75) is 37.8 Å². The van der Waals surface area contributed by atoms with Crippen molar-refractivity contribution < 1.29 is 19.5 Å². The number of hydrogen-bond acceptors (Lipinski definition) is 3. The summed E-state index contributed by atoms with van der Waals surface area (Å²) >= 11 is 0. The molecule has 1 rings (SSSR count). The molecular formula is C11H16N2O4. The summed E-state index contributed by atoms with van der Waals surface area (Å²) in [7, 11) is 0. The molecule has 1 heterocycles. The number of nitrogens with one attached hydrogen (secondary N) is 2. The van der Waals surface area contributed by atoms with Crippen LogP contribution in [0, 0.1) is 0 Å². The Morgan fingerprint density at radius 1 is 1.65 bits per heavy atom. The molecule has 0 saturated carbocycles. The number of amides is 2. The van der Waals surface area contributed by atoms with E-state index in [4.69, 9.17) is 5.11 Å². The van der Waals surface area contributed by atoms with Crippen molar-refractivity contribution in [3.05, 3.63) is 12.7 Å². The molecule has 0 aromatic rings. The minimum atomic E-state index is -1.08. The van der Waals surface area contributed by atoms with Crippen LogP contribution in [0.1, 0.15) is 25.7 Å². The quantitative estimate of drug-likeness (QED) is 0.560. The van der Waals surface area contributed by atoms with Gasteiger partial charge in [0, 0.05) is 6.42 Å². The van der Waals surface area contributed by atoms with Gasteiger partial charge < -0.3 is 15.7 Å². The van der Waals surface area contributed by atoms with Crippen LogP contribution in [0.15, 0.2) is 12.7 Å². The van der Waals surface area contributed by atoms with Crippen LogP contribution in [0.25, 0.3) is 0 Å². The summed E-state index contributed by atoms with van der Waals surface area (Å²) in [6.45, 7) is 3.50. The molecule has 0 radical (unpaired) electrons. The third-order valence-corrected chi connectivity index (χ3v) is 2.59. The Morgan fingerprint density at radius 2 is 2.35 bits per heavy atom. The Morgan fingerprint density at radius 3 is 2.82 bits per heavy atom. The van der Waals surface area contributed by atoms with Crippen LogP contribution in [0.4, 0.5) is 0 Å². The van der Waals surface area contributed by atoms with E-state index in [0.29, 0.717) is 25.7 Å². The summed E-state index contributed by atoms with van der Waals surface area (Å²) in [6.07, 6.45) is 3.12. The first-order valence-electron chi connectivity index (χ1n) is 5.48. The summed E-state index contributed by atoms with van der Waals surface area (Å²) in [5.41, 5.74) is 0. The van der Waals surface area contributed by atoms with Crippen molar-refractivity contribution in [3.63, 3.8) is 0 Å². The first-order chi connectivity index (χ1) is 8.04. The fraction of sp³-hybridized carbons (Fsp3) is 0.545. The van der Waals surface area contributed by atoms with Gasteiger partial charge in [0.05, 0.1) is 0 Å². The minimum absolute atomic E-state index is 0.178. The second-order valence-corrected chi connectivity index (χ2v) is 3.92. The molecule has 1 aliphatic heterocycles. The number of carboxylic acids is 1. The molecule has 6 heteroatoms. The van der Waals surface area contributed by atoms with Crippen LogP contribution in [0.5, 0.6) is 0 Å². The maximum atomic E-state index is 11.7. The molecule has 1 fully saturated rings. The van der Waals surface area contributed by atoms with E-state index in [0.717, 1.165) is 0 Å². The van der Waals surface area contributed by atoms with Crippen molar-refractivity contribution in [3.8, 4) is 0 Å². The van der Waals surface area contributed by atoms with Gasteiger partial charge in [-0.15, -0.1) is 6.58 Å². The molecule has 0 aliphatic carbocycles. The van der Waals surface area contributed by atoms with Gasteiger partial charge in [-0.3, -0.25) is 9.59 Å². The lowest BCUT2D eigenvalue weighted by molar-refractivity contribution is -0.142. The first-order valence-corrected chi connectivity index (χ1v) is 5.48. The fourth-order valence-corrected chi connectivity index (χ4v) is 1.62. The topological polar surface area (TPSA) is 95.5 Å². The number of carbonyl (C=O) groups excluding carboxylic acids is 2. The average Bonchev–Trinajstić information content (AvgIpc) is 2.70. The molecule has 0 bridgehead atoms. The predicted molar refractivity (Wildman–Crippen MR) is 60.2 cm³/mol. The van der Waals surface area contributed by atoms with Gasteiger partial charge >= 0.3 is 5.97 Å². The van der Waals surface area contributed by atoms with Gasteiger partial charge in [0.25, 0.3) is 0 Å². The molecular weight excluding hydrogens is 224 g/mol. The highest BCUT2D eigenvalue weighted by Gasteiger charge is 2.29. The third-order valence-electron chi connectivity index (χ3n) is 2.59. The number of carboxylic acid groups (broad SMARTS) is 1. The number of aliphatic carboxylic acids is 1. The van der Waals surface area contributed by atoms with Crippen LogP contribution >= 0.6 is 0 Å². The lowest BCUT2D eigenvalue weighted by Crippen LogP contribution is -2.48. The van der Waals surface area contributed by atoms with Crippen molar-refractivity contribution in [1.29, 1.82) is 0 Å². The van der Waals surface area contributed by atoms with Crippen LogP contribution in [-0.4, -0.2) is 35.0 Å². The summed E-state index contributed by atoms with van der Waals surface area (Å²) < 4.78 is 0. The zero-order valence-electron chi connectivity index (χ0n) is 9.44. The second kappa shape index (κ2) is 6.03. The summed E-state index contributed by atoms with van der Waals surface area (Å²) in [6, 6.07) is -1.54. The smallest absolute Gasteiger partial charge is 0.326 e. The number of allylic oxidation sites excluding steroid dienone is 1. The van der Waals surface area contributed by atoms with Gasteiger partial charge in [-0.25, -0.2) is 4.79 Å². The van der Waals surface area contributed by atoms with Gasteiger partial charge in [-0.1, -0.05) is 6.08 Å². The average molecular weight is 240 g/mol. The van der Waals surface area contributed by atoms with Crippen molar-refractivity contribution >= 4 is 17.8 Å². The molecule has 1 aliphatic rings. The number of hydrogen-bond donors (Lipinski definition) is 3. The van der Waals surface area contributed by atoms with Crippen molar-refractivity contribution in [2.75, 3.05) is 0 Å². The molecule has 3 N–H and O–H groups in total.